The number of hydrogen-bond acceptors (Lipinski definition) is 0. The molecule has 0 aliphatic carbocycles. The molecule has 0 heterocycles. The quantitative estimate of drug-likeness (QED) is 0.531. The van der Waals surface area contributed by atoms with Gasteiger partial charge in [-0.15, -0.1) is 0 Å². The normalized spacial score (nSPS) is 21.8. The van der Waals surface area contributed by atoms with Gasteiger partial charge in [-0.2, -0.15) is 0 Å². The molecular weight excluding hydrogens is 180 g/mol. The van der Waals surface area contributed by atoms with Crippen LogP contribution in [0.5, 0.6) is 0 Å². The van der Waals surface area contributed by atoms with Crippen molar-refractivity contribution in [1.29, 1.82) is 0 Å². The van der Waals surface area contributed by atoms with Gasteiger partial charge in [-0.1, -0.05) is 61.3 Å². The molecule has 0 aromatic rings. The fourth-order valence-corrected chi connectivity index (χ4v) is 2.37. The van der Waals surface area contributed by atoms with Gasteiger partial charge in [-0.05, 0) is 36.0 Å². The molecule has 0 aromatic carbocycles. The minimum absolute atomic E-state index is 0.876. The van der Waals surface area contributed by atoms with Crippen LogP contribution in [0.4, 0.5) is 0 Å². The number of hydrogen-bond donors (Lipinski definition) is 0. The van der Waals surface area contributed by atoms with Gasteiger partial charge in [-0.25, -0.2) is 0 Å². The molecule has 0 N–H and O–H groups in total. The molecule has 5 atom stereocenters. The first-order valence-electron chi connectivity index (χ1n) is 6.93. The van der Waals surface area contributed by atoms with Crippen molar-refractivity contribution in [3.05, 3.63) is 0 Å². The lowest BCUT2D eigenvalue weighted by Gasteiger charge is -2.29. The van der Waals surface area contributed by atoms with Gasteiger partial charge in [0, 0.05) is 0 Å². The van der Waals surface area contributed by atoms with Crippen LogP contribution in [0.2, 0.25) is 0 Å². The third-order valence-electron chi connectivity index (χ3n) is 4.80. The van der Waals surface area contributed by atoms with E-state index >= 15 is 0 Å². The molecule has 15 heavy (non-hydrogen) atoms. The second kappa shape index (κ2) is 7.30. The van der Waals surface area contributed by atoms with Crippen LogP contribution >= 0.6 is 0 Å². The molecule has 92 valence electrons. The zero-order valence-electron chi connectivity index (χ0n) is 12.0. The highest BCUT2D eigenvalue weighted by Gasteiger charge is 2.21. The molecule has 0 aliphatic rings. The average Bonchev–Trinajstić information content (AvgIpc) is 2.25. The number of rotatable bonds is 7. The van der Waals surface area contributed by atoms with Gasteiger partial charge in [0.15, 0.2) is 0 Å². The van der Waals surface area contributed by atoms with Crippen molar-refractivity contribution < 1.29 is 0 Å². The Morgan fingerprint density at radius 3 is 1.47 bits per heavy atom. The molecule has 0 fully saturated rings. The van der Waals surface area contributed by atoms with E-state index in [2.05, 4.69) is 48.5 Å². The van der Waals surface area contributed by atoms with Crippen molar-refractivity contribution in [2.45, 2.75) is 67.7 Å². The van der Waals surface area contributed by atoms with Gasteiger partial charge in [0.25, 0.3) is 0 Å². The summed E-state index contributed by atoms with van der Waals surface area (Å²) in [5.74, 6) is 4.41. The Hall–Kier alpha value is 0. The SMILES string of the molecule is CCC(C)C(C)CC(C)C(C)C(C)CC. The molecule has 0 aromatic heterocycles. The van der Waals surface area contributed by atoms with E-state index in [0.29, 0.717) is 0 Å². The molecule has 0 spiro atoms. The third kappa shape index (κ3) is 5.04. The molecule has 0 radical (unpaired) electrons. The van der Waals surface area contributed by atoms with Crippen LogP contribution in [-0.2, 0) is 0 Å². The van der Waals surface area contributed by atoms with Crippen molar-refractivity contribution >= 4 is 0 Å². The smallest absolute Gasteiger partial charge is 0.0391 e. The van der Waals surface area contributed by atoms with E-state index in [9.17, 15) is 0 Å². The topological polar surface area (TPSA) is 0 Å². The monoisotopic (exact) mass is 212 g/mol. The summed E-state index contributed by atoms with van der Waals surface area (Å²) in [5, 5.41) is 0. The first-order valence-corrected chi connectivity index (χ1v) is 6.93. The summed E-state index contributed by atoms with van der Waals surface area (Å²) in [6, 6.07) is 0. The maximum atomic E-state index is 2.44. The first-order chi connectivity index (χ1) is 6.93. The molecular formula is C15H32. The molecule has 0 rings (SSSR count). The van der Waals surface area contributed by atoms with E-state index in [0.717, 1.165) is 29.6 Å². The Morgan fingerprint density at radius 2 is 1.07 bits per heavy atom. The summed E-state index contributed by atoms with van der Waals surface area (Å²) in [6.07, 6.45) is 4.05. The fraction of sp³-hybridized carbons (Fsp3) is 1.00. The Bertz CT molecular complexity index is 150. The Balaban J connectivity index is 4.06. The highest BCUT2D eigenvalue weighted by Crippen LogP contribution is 2.30. The van der Waals surface area contributed by atoms with E-state index in [-0.39, 0.29) is 0 Å². The van der Waals surface area contributed by atoms with Crippen LogP contribution in [0.15, 0.2) is 0 Å². The third-order valence-corrected chi connectivity index (χ3v) is 4.80. The van der Waals surface area contributed by atoms with Crippen LogP contribution < -0.4 is 0 Å². The summed E-state index contributed by atoms with van der Waals surface area (Å²) in [4.78, 5) is 0. The molecule has 0 saturated carbocycles. The lowest BCUT2D eigenvalue weighted by atomic mass is 9.77. The average molecular weight is 212 g/mol. The fourth-order valence-electron chi connectivity index (χ4n) is 2.37. The Morgan fingerprint density at radius 1 is 0.600 bits per heavy atom. The first kappa shape index (κ1) is 15.0. The summed E-state index contributed by atoms with van der Waals surface area (Å²) >= 11 is 0. The molecule has 0 heteroatoms. The molecule has 5 unspecified atom stereocenters. The van der Waals surface area contributed by atoms with Crippen LogP contribution in [0, 0.1) is 29.6 Å². The molecule has 0 aliphatic heterocycles. The Labute approximate surface area is 97.8 Å². The van der Waals surface area contributed by atoms with Gasteiger partial charge in [-0.3, -0.25) is 0 Å². The van der Waals surface area contributed by atoms with Crippen LogP contribution in [0.1, 0.15) is 67.7 Å². The zero-order chi connectivity index (χ0) is 12.0. The predicted molar refractivity (Wildman–Crippen MR) is 71.0 cm³/mol. The lowest BCUT2D eigenvalue weighted by Crippen LogP contribution is -2.20. The van der Waals surface area contributed by atoms with Crippen molar-refractivity contribution in [3.63, 3.8) is 0 Å². The summed E-state index contributed by atoms with van der Waals surface area (Å²) < 4.78 is 0. The van der Waals surface area contributed by atoms with E-state index in [1.807, 2.05) is 0 Å². The summed E-state index contributed by atoms with van der Waals surface area (Å²) in [5.41, 5.74) is 0. The maximum absolute atomic E-state index is 2.44. The maximum Gasteiger partial charge on any atom is -0.0391 e. The van der Waals surface area contributed by atoms with E-state index in [1.54, 1.807) is 0 Å². The molecule has 0 saturated heterocycles. The van der Waals surface area contributed by atoms with E-state index in [1.165, 1.54) is 19.3 Å². The second-order valence-corrected chi connectivity index (χ2v) is 5.82. The standard InChI is InChI=1S/C15H32/c1-8-11(3)13(5)10-14(6)15(7)12(4)9-2/h11-15H,8-10H2,1-7H3. The minimum atomic E-state index is 0.876. The van der Waals surface area contributed by atoms with Gasteiger partial charge in [0.1, 0.15) is 0 Å². The van der Waals surface area contributed by atoms with Crippen molar-refractivity contribution in [3.8, 4) is 0 Å². The van der Waals surface area contributed by atoms with Gasteiger partial charge in [0.05, 0.1) is 0 Å². The highest BCUT2D eigenvalue weighted by molar-refractivity contribution is 4.71. The van der Waals surface area contributed by atoms with Crippen LogP contribution in [0.3, 0.4) is 0 Å². The molecule has 0 nitrogen and oxygen atoms in total. The largest absolute Gasteiger partial charge is 0.0651 e. The lowest BCUT2D eigenvalue weighted by molar-refractivity contribution is 0.209. The minimum Gasteiger partial charge on any atom is -0.0651 e. The predicted octanol–water partition coefficient (Wildman–Crippen LogP) is 5.38. The molecule has 0 amide bonds. The zero-order valence-corrected chi connectivity index (χ0v) is 12.0. The Kier molecular flexibility index (Phi) is 7.30. The van der Waals surface area contributed by atoms with E-state index in [4.69, 9.17) is 0 Å². The van der Waals surface area contributed by atoms with Gasteiger partial charge >= 0.3 is 0 Å². The van der Waals surface area contributed by atoms with Crippen LogP contribution in [-0.4, -0.2) is 0 Å². The van der Waals surface area contributed by atoms with Crippen molar-refractivity contribution in [1.82, 2.24) is 0 Å². The highest BCUT2D eigenvalue weighted by atomic mass is 14.3. The molecule has 0 bridgehead atoms. The van der Waals surface area contributed by atoms with E-state index < -0.39 is 0 Å². The van der Waals surface area contributed by atoms with Gasteiger partial charge < -0.3 is 0 Å². The second-order valence-electron chi connectivity index (χ2n) is 5.82. The summed E-state index contributed by atoms with van der Waals surface area (Å²) in [7, 11) is 0. The van der Waals surface area contributed by atoms with Gasteiger partial charge in [0.2, 0.25) is 0 Å². The summed E-state index contributed by atoms with van der Waals surface area (Å²) in [6.45, 7) is 16.7. The van der Waals surface area contributed by atoms with Crippen LogP contribution in [0.25, 0.3) is 0 Å². The van der Waals surface area contributed by atoms with Crippen molar-refractivity contribution in [2.24, 2.45) is 29.6 Å². The van der Waals surface area contributed by atoms with Crippen molar-refractivity contribution in [2.75, 3.05) is 0 Å².